The molecule has 1 aliphatic heterocycles. The van der Waals surface area contributed by atoms with Crippen molar-refractivity contribution in [3.8, 4) is 28.7 Å². The number of carbonyl (C=O) groups excluding carboxylic acids is 2. The first kappa shape index (κ1) is 34.2. The smallest absolute Gasteiger partial charge is 0.545 e. The molecule has 230 valence electrons. The van der Waals surface area contributed by atoms with Crippen molar-refractivity contribution in [3.05, 3.63) is 70.8 Å². The SMILES string of the molecule is CC(C)Oc1cc(C/C(C(=O)c2ccc3c(c2)OCO3)=C(\C(=O)[O-])c2ccc3nsnc3c2)cc(OC(C)C)c1OC(C)C.[Na+]. The van der Waals surface area contributed by atoms with Crippen LogP contribution in [-0.2, 0) is 11.2 Å². The third-order valence-electron chi connectivity index (χ3n) is 6.50. The maximum Gasteiger partial charge on any atom is 1.00 e. The van der Waals surface area contributed by atoms with Gasteiger partial charge in [0.15, 0.2) is 28.8 Å². The van der Waals surface area contributed by atoms with Crippen molar-refractivity contribution in [1.29, 1.82) is 0 Å². The molecule has 0 bridgehead atoms. The third kappa shape index (κ3) is 7.96. The molecule has 0 saturated heterocycles. The van der Waals surface area contributed by atoms with Crippen LogP contribution in [0.2, 0.25) is 0 Å². The summed E-state index contributed by atoms with van der Waals surface area (Å²) >= 11 is 1.01. The number of carboxylic acids is 1. The maximum atomic E-state index is 14.3. The Morgan fingerprint density at radius 3 is 2.02 bits per heavy atom. The fourth-order valence-electron chi connectivity index (χ4n) is 4.82. The van der Waals surface area contributed by atoms with Gasteiger partial charge in [-0.3, -0.25) is 4.79 Å². The fourth-order valence-corrected chi connectivity index (χ4v) is 5.34. The molecule has 0 saturated carbocycles. The topological polar surface area (TPSA) is 129 Å². The molecular weight excluding hydrogens is 607 g/mol. The van der Waals surface area contributed by atoms with Gasteiger partial charge in [0, 0.05) is 23.1 Å². The second-order valence-electron chi connectivity index (χ2n) is 11.1. The molecule has 1 aliphatic rings. The molecule has 1 aromatic heterocycles. The zero-order valence-electron chi connectivity index (χ0n) is 26.3. The first-order valence-corrected chi connectivity index (χ1v) is 15.0. The summed E-state index contributed by atoms with van der Waals surface area (Å²) in [6, 6.07) is 13.1. The predicted molar refractivity (Wildman–Crippen MR) is 164 cm³/mol. The van der Waals surface area contributed by atoms with Crippen molar-refractivity contribution in [3.63, 3.8) is 0 Å². The molecule has 3 aromatic carbocycles. The number of carbonyl (C=O) groups is 2. The van der Waals surface area contributed by atoms with Gasteiger partial charge in [0.2, 0.25) is 12.5 Å². The van der Waals surface area contributed by atoms with Gasteiger partial charge in [0.1, 0.15) is 11.0 Å². The molecular formula is C33H33N2NaO8S. The van der Waals surface area contributed by atoms with Gasteiger partial charge in [-0.2, -0.15) is 8.75 Å². The van der Waals surface area contributed by atoms with Gasteiger partial charge in [0.25, 0.3) is 0 Å². The van der Waals surface area contributed by atoms with Gasteiger partial charge in [0.05, 0.1) is 36.0 Å². The summed E-state index contributed by atoms with van der Waals surface area (Å²) < 4.78 is 37.7. The average Bonchev–Trinajstić information content (AvgIpc) is 3.62. The van der Waals surface area contributed by atoms with Crippen LogP contribution in [-0.4, -0.2) is 45.6 Å². The number of hydrogen-bond acceptors (Lipinski definition) is 11. The molecule has 0 N–H and O–H groups in total. The molecule has 0 unspecified atom stereocenters. The minimum atomic E-state index is -1.51. The zero-order chi connectivity index (χ0) is 31.5. The number of ether oxygens (including phenoxy) is 5. The van der Waals surface area contributed by atoms with Gasteiger partial charge in [-0.1, -0.05) is 6.07 Å². The Kier molecular flexibility index (Phi) is 11.1. The largest absolute Gasteiger partial charge is 1.00 e. The third-order valence-corrected chi connectivity index (χ3v) is 7.05. The number of hydrogen-bond donors (Lipinski definition) is 0. The number of rotatable bonds is 12. The van der Waals surface area contributed by atoms with E-state index in [4.69, 9.17) is 23.7 Å². The second kappa shape index (κ2) is 14.6. The number of ketones is 1. The summed E-state index contributed by atoms with van der Waals surface area (Å²) in [6.45, 7) is 11.4. The molecule has 5 rings (SSSR count). The maximum absolute atomic E-state index is 14.3. The summed E-state index contributed by atoms with van der Waals surface area (Å²) in [5.41, 5.74) is 1.94. The molecule has 0 aliphatic carbocycles. The fraction of sp³-hybridized carbons (Fsp3) is 0.333. The van der Waals surface area contributed by atoms with Crippen LogP contribution >= 0.6 is 11.7 Å². The van der Waals surface area contributed by atoms with Crippen LogP contribution in [0.3, 0.4) is 0 Å². The molecule has 0 spiro atoms. The first-order valence-electron chi connectivity index (χ1n) is 14.3. The normalized spacial score (nSPS) is 12.7. The molecule has 45 heavy (non-hydrogen) atoms. The van der Waals surface area contributed by atoms with E-state index in [1.54, 1.807) is 48.5 Å². The predicted octanol–water partition coefficient (Wildman–Crippen LogP) is 2.41. The number of aromatic nitrogens is 2. The molecule has 12 heteroatoms. The second-order valence-corrected chi connectivity index (χ2v) is 11.6. The quantitative estimate of drug-likeness (QED) is 0.129. The molecule has 0 radical (unpaired) electrons. The molecule has 0 atom stereocenters. The van der Waals surface area contributed by atoms with Crippen molar-refractivity contribution in [2.75, 3.05) is 6.79 Å². The number of fused-ring (bicyclic) bond motifs is 2. The molecule has 0 amide bonds. The Morgan fingerprint density at radius 1 is 0.800 bits per heavy atom. The van der Waals surface area contributed by atoms with Crippen LogP contribution in [0.5, 0.6) is 28.7 Å². The number of allylic oxidation sites excluding steroid dienone is 1. The Hall–Kier alpha value is -3.64. The van der Waals surface area contributed by atoms with Crippen LogP contribution < -0.4 is 58.3 Å². The van der Waals surface area contributed by atoms with Gasteiger partial charge in [-0.15, -0.1) is 0 Å². The van der Waals surface area contributed by atoms with E-state index < -0.39 is 11.8 Å². The standard InChI is InChI=1S/C33H34N2O8S.Na/c1-17(2)41-28-12-20(13-29(42-18(3)4)32(28)43-19(5)6)11-23(31(36)22-8-10-26-27(15-22)40-16-39-26)30(33(37)38)21-7-9-24-25(14-21)35-44-34-24;/h7-10,12-15,17-19H,11,16H2,1-6H3,(H,37,38);/q;+1/p-1/b30-23+;. The average molecular weight is 641 g/mol. The van der Waals surface area contributed by atoms with E-state index >= 15 is 0 Å². The molecule has 10 nitrogen and oxygen atoms in total. The van der Waals surface area contributed by atoms with Gasteiger partial charge >= 0.3 is 29.6 Å². The minimum Gasteiger partial charge on any atom is -0.545 e. The van der Waals surface area contributed by atoms with E-state index in [0.29, 0.717) is 45.3 Å². The van der Waals surface area contributed by atoms with Crippen LogP contribution in [0, 0.1) is 0 Å². The summed E-state index contributed by atoms with van der Waals surface area (Å²) in [6.07, 6.45) is -0.662. The molecule has 0 fully saturated rings. The Balaban J connectivity index is 0.00000461. The van der Waals surface area contributed by atoms with E-state index in [-0.39, 0.29) is 83.4 Å². The Labute approximate surface area is 287 Å². The van der Waals surface area contributed by atoms with Crippen LogP contribution in [0.1, 0.15) is 63.0 Å². The number of nitrogens with zero attached hydrogens (tertiary/aromatic N) is 2. The van der Waals surface area contributed by atoms with Crippen LogP contribution in [0.25, 0.3) is 16.6 Å². The molecule has 4 aromatic rings. The summed E-state index contributed by atoms with van der Waals surface area (Å²) in [4.78, 5) is 27.1. The zero-order valence-corrected chi connectivity index (χ0v) is 29.2. The van der Waals surface area contributed by atoms with Crippen molar-refractivity contribution in [2.24, 2.45) is 0 Å². The Bertz CT molecular complexity index is 1720. The monoisotopic (exact) mass is 640 g/mol. The van der Waals surface area contributed by atoms with E-state index in [0.717, 1.165) is 11.7 Å². The number of carboxylic acid groups (broad SMARTS) is 1. The summed E-state index contributed by atoms with van der Waals surface area (Å²) in [7, 11) is 0. The van der Waals surface area contributed by atoms with Gasteiger partial charge < -0.3 is 33.6 Å². The van der Waals surface area contributed by atoms with Crippen LogP contribution in [0.4, 0.5) is 0 Å². The van der Waals surface area contributed by atoms with Crippen molar-refractivity contribution in [1.82, 2.24) is 8.75 Å². The van der Waals surface area contributed by atoms with E-state index in [2.05, 4.69) is 8.75 Å². The minimum absolute atomic E-state index is 0. The van der Waals surface area contributed by atoms with Gasteiger partial charge in [-0.05, 0) is 95.1 Å². The number of aliphatic carboxylic acids is 1. The van der Waals surface area contributed by atoms with Gasteiger partial charge in [-0.25, -0.2) is 0 Å². The number of benzene rings is 3. The van der Waals surface area contributed by atoms with Crippen LogP contribution in [0.15, 0.2) is 54.1 Å². The van der Waals surface area contributed by atoms with E-state index in [1.165, 1.54) is 0 Å². The van der Waals surface area contributed by atoms with E-state index in [1.807, 2.05) is 41.5 Å². The summed E-state index contributed by atoms with van der Waals surface area (Å²) in [5.74, 6) is 0.146. The van der Waals surface area contributed by atoms with Crippen molar-refractivity contribution in [2.45, 2.75) is 66.3 Å². The van der Waals surface area contributed by atoms with Crippen molar-refractivity contribution >= 4 is 40.1 Å². The summed E-state index contributed by atoms with van der Waals surface area (Å²) in [5, 5.41) is 12.9. The Morgan fingerprint density at radius 2 is 1.40 bits per heavy atom. The molecule has 2 heterocycles. The van der Waals surface area contributed by atoms with Crippen molar-refractivity contribution < 1.29 is 67.9 Å². The number of Topliss-reactive ketones (excluding diaryl/α,β-unsaturated/α-hetero) is 1. The van der Waals surface area contributed by atoms with E-state index in [9.17, 15) is 14.7 Å². The first-order chi connectivity index (χ1) is 21.0.